The number of rotatable bonds is 5. The molecule has 1 aromatic rings. The molecule has 0 bridgehead atoms. The number of halogens is 1. The molecule has 1 fully saturated rings. The van der Waals surface area contributed by atoms with Crippen molar-refractivity contribution in [3.63, 3.8) is 0 Å². The first kappa shape index (κ1) is 15.9. The van der Waals surface area contributed by atoms with Gasteiger partial charge in [-0.05, 0) is 46.5 Å². The van der Waals surface area contributed by atoms with Crippen molar-refractivity contribution in [3.8, 4) is 0 Å². The molecule has 0 atom stereocenters. The van der Waals surface area contributed by atoms with Gasteiger partial charge in [-0.3, -0.25) is 0 Å². The fourth-order valence-corrected chi connectivity index (χ4v) is 5.58. The lowest BCUT2D eigenvalue weighted by Crippen LogP contribution is -2.38. The third kappa shape index (κ3) is 3.08. The van der Waals surface area contributed by atoms with Gasteiger partial charge < -0.3 is 5.11 Å². The fourth-order valence-electron chi connectivity index (χ4n) is 2.79. The molecule has 1 saturated carbocycles. The second-order valence-corrected chi connectivity index (χ2v) is 7.78. The van der Waals surface area contributed by atoms with Crippen molar-refractivity contribution in [1.29, 1.82) is 0 Å². The SMILES string of the molecule is CCN(C1CCCC1)S(=O)(=O)c1ccc(CO)cc1Br. The van der Waals surface area contributed by atoms with E-state index in [1.807, 2.05) is 6.92 Å². The van der Waals surface area contributed by atoms with E-state index in [4.69, 9.17) is 5.11 Å². The summed E-state index contributed by atoms with van der Waals surface area (Å²) in [5, 5.41) is 9.10. The van der Waals surface area contributed by atoms with Gasteiger partial charge in [-0.25, -0.2) is 8.42 Å². The number of aliphatic hydroxyl groups is 1. The largest absolute Gasteiger partial charge is 0.392 e. The summed E-state index contributed by atoms with van der Waals surface area (Å²) in [5.74, 6) is 0. The molecule has 6 heteroatoms. The number of aliphatic hydroxyl groups excluding tert-OH is 1. The van der Waals surface area contributed by atoms with Crippen LogP contribution in [-0.4, -0.2) is 30.4 Å². The molecule has 0 heterocycles. The first-order valence-corrected chi connectivity index (χ1v) is 9.15. The average molecular weight is 362 g/mol. The summed E-state index contributed by atoms with van der Waals surface area (Å²) in [4.78, 5) is 0.281. The lowest BCUT2D eigenvalue weighted by atomic mass is 10.2. The average Bonchev–Trinajstić information content (AvgIpc) is 2.92. The Balaban J connectivity index is 2.37. The molecule has 4 nitrogen and oxygen atoms in total. The monoisotopic (exact) mass is 361 g/mol. The van der Waals surface area contributed by atoms with E-state index in [2.05, 4.69) is 15.9 Å². The number of hydrogen-bond acceptors (Lipinski definition) is 3. The predicted molar refractivity (Wildman–Crippen MR) is 81.9 cm³/mol. The van der Waals surface area contributed by atoms with Crippen molar-refractivity contribution in [1.82, 2.24) is 4.31 Å². The van der Waals surface area contributed by atoms with Gasteiger partial charge in [-0.1, -0.05) is 25.8 Å². The van der Waals surface area contributed by atoms with Crippen LogP contribution in [0.25, 0.3) is 0 Å². The molecule has 1 aliphatic rings. The molecule has 0 aliphatic heterocycles. The highest BCUT2D eigenvalue weighted by Crippen LogP contribution is 2.31. The van der Waals surface area contributed by atoms with E-state index in [1.54, 1.807) is 22.5 Å². The third-order valence-electron chi connectivity index (χ3n) is 3.81. The second-order valence-electron chi connectivity index (χ2n) is 5.07. The number of benzene rings is 1. The highest BCUT2D eigenvalue weighted by molar-refractivity contribution is 9.10. The van der Waals surface area contributed by atoms with Crippen LogP contribution < -0.4 is 0 Å². The Hall–Kier alpha value is -0.430. The zero-order valence-corrected chi connectivity index (χ0v) is 14.0. The summed E-state index contributed by atoms with van der Waals surface area (Å²) >= 11 is 3.31. The minimum atomic E-state index is -3.49. The zero-order chi connectivity index (χ0) is 14.8. The van der Waals surface area contributed by atoms with Gasteiger partial charge >= 0.3 is 0 Å². The summed E-state index contributed by atoms with van der Waals surface area (Å²) < 4.78 is 27.7. The number of hydrogen-bond donors (Lipinski definition) is 1. The fraction of sp³-hybridized carbons (Fsp3) is 0.571. The van der Waals surface area contributed by atoms with E-state index in [0.29, 0.717) is 16.6 Å². The van der Waals surface area contributed by atoms with Gasteiger partial charge in [0.05, 0.1) is 11.5 Å². The Kier molecular flexibility index (Phi) is 5.23. The number of sulfonamides is 1. The van der Waals surface area contributed by atoms with E-state index in [0.717, 1.165) is 25.7 Å². The highest BCUT2D eigenvalue weighted by atomic mass is 79.9. The van der Waals surface area contributed by atoms with Crippen LogP contribution in [0, 0.1) is 0 Å². The topological polar surface area (TPSA) is 57.6 Å². The standard InChI is InChI=1S/C14H20BrNO3S/c1-2-16(12-5-3-4-6-12)20(18,19)14-8-7-11(10-17)9-13(14)15/h7-9,12,17H,2-6,10H2,1H3. The van der Waals surface area contributed by atoms with Crippen LogP contribution in [0.15, 0.2) is 27.6 Å². The predicted octanol–water partition coefficient (Wildman–Crippen LogP) is 2.89. The summed E-state index contributed by atoms with van der Waals surface area (Å²) in [5.41, 5.74) is 0.694. The Bertz CT molecular complexity index is 568. The molecule has 0 saturated heterocycles. The van der Waals surface area contributed by atoms with E-state index in [9.17, 15) is 8.42 Å². The van der Waals surface area contributed by atoms with E-state index >= 15 is 0 Å². The summed E-state index contributed by atoms with van der Waals surface area (Å²) in [6.07, 6.45) is 4.08. The van der Waals surface area contributed by atoms with E-state index in [-0.39, 0.29) is 17.5 Å². The molecule has 0 amide bonds. The van der Waals surface area contributed by atoms with Crippen molar-refractivity contribution < 1.29 is 13.5 Å². The Morgan fingerprint density at radius 3 is 2.50 bits per heavy atom. The van der Waals surface area contributed by atoms with Gasteiger partial charge in [0.1, 0.15) is 0 Å². The molecule has 2 rings (SSSR count). The second kappa shape index (κ2) is 6.56. The summed E-state index contributed by atoms with van der Waals surface area (Å²) in [7, 11) is -3.49. The third-order valence-corrected chi connectivity index (χ3v) is 6.81. The Labute approximate surface area is 129 Å². The maximum Gasteiger partial charge on any atom is 0.244 e. The number of nitrogens with zero attached hydrogens (tertiary/aromatic N) is 1. The maximum atomic E-state index is 12.8. The van der Waals surface area contributed by atoms with Crippen LogP contribution in [0.2, 0.25) is 0 Å². The zero-order valence-electron chi connectivity index (χ0n) is 11.5. The van der Waals surface area contributed by atoms with Crippen LogP contribution in [0.5, 0.6) is 0 Å². The Morgan fingerprint density at radius 2 is 2.00 bits per heavy atom. The molecule has 112 valence electrons. The van der Waals surface area contributed by atoms with Gasteiger partial charge in [0.25, 0.3) is 0 Å². The van der Waals surface area contributed by atoms with Crippen LogP contribution in [-0.2, 0) is 16.6 Å². The quantitative estimate of drug-likeness (QED) is 0.876. The summed E-state index contributed by atoms with van der Waals surface area (Å²) in [6, 6.07) is 5.01. The molecule has 0 radical (unpaired) electrons. The molecular formula is C14H20BrNO3S. The van der Waals surface area contributed by atoms with Crippen molar-refractivity contribution in [2.75, 3.05) is 6.54 Å². The molecular weight excluding hydrogens is 342 g/mol. The van der Waals surface area contributed by atoms with Crippen molar-refractivity contribution >= 4 is 26.0 Å². The van der Waals surface area contributed by atoms with Gasteiger partial charge in [0, 0.05) is 17.1 Å². The van der Waals surface area contributed by atoms with Gasteiger partial charge in [0.15, 0.2) is 0 Å². The first-order chi connectivity index (χ1) is 9.50. The van der Waals surface area contributed by atoms with Gasteiger partial charge in [0.2, 0.25) is 10.0 Å². The van der Waals surface area contributed by atoms with Crippen LogP contribution in [0.3, 0.4) is 0 Å². The summed E-state index contributed by atoms with van der Waals surface area (Å²) in [6.45, 7) is 2.27. The molecule has 0 unspecified atom stereocenters. The molecule has 1 aliphatic carbocycles. The molecule has 1 N–H and O–H groups in total. The van der Waals surface area contributed by atoms with Gasteiger partial charge in [-0.15, -0.1) is 0 Å². The molecule has 0 spiro atoms. The van der Waals surface area contributed by atoms with Crippen LogP contribution in [0.1, 0.15) is 38.2 Å². The smallest absolute Gasteiger partial charge is 0.244 e. The molecule has 1 aromatic carbocycles. The van der Waals surface area contributed by atoms with E-state index in [1.165, 1.54) is 0 Å². The Morgan fingerprint density at radius 1 is 1.35 bits per heavy atom. The minimum absolute atomic E-state index is 0.0982. The van der Waals surface area contributed by atoms with Crippen molar-refractivity contribution in [2.24, 2.45) is 0 Å². The maximum absolute atomic E-state index is 12.8. The normalized spacial score (nSPS) is 17.0. The first-order valence-electron chi connectivity index (χ1n) is 6.91. The lowest BCUT2D eigenvalue weighted by molar-refractivity contribution is 0.281. The van der Waals surface area contributed by atoms with Gasteiger partial charge in [-0.2, -0.15) is 4.31 Å². The molecule has 0 aromatic heterocycles. The minimum Gasteiger partial charge on any atom is -0.392 e. The van der Waals surface area contributed by atoms with Crippen LogP contribution >= 0.6 is 15.9 Å². The van der Waals surface area contributed by atoms with Crippen LogP contribution in [0.4, 0.5) is 0 Å². The van der Waals surface area contributed by atoms with E-state index < -0.39 is 10.0 Å². The van der Waals surface area contributed by atoms with Crippen molar-refractivity contribution in [2.45, 2.75) is 50.2 Å². The molecule has 20 heavy (non-hydrogen) atoms. The van der Waals surface area contributed by atoms with Crippen molar-refractivity contribution in [3.05, 3.63) is 28.2 Å². The lowest BCUT2D eigenvalue weighted by Gasteiger charge is -2.27. The highest BCUT2D eigenvalue weighted by Gasteiger charge is 2.33.